The third-order valence-electron chi connectivity index (χ3n) is 4.42. The first kappa shape index (κ1) is 14.3. The molecule has 1 atom stereocenters. The van der Waals surface area contributed by atoms with Crippen LogP contribution in [0.5, 0.6) is 0 Å². The SMILES string of the molecule is CN1CC2(CCCN(CCCc3cccnc3)C2)OC1=O. The molecule has 0 N–H and O–H groups in total. The van der Waals surface area contributed by atoms with E-state index in [2.05, 4.69) is 16.0 Å². The third kappa shape index (κ3) is 3.35. The number of ether oxygens (including phenoxy) is 1. The average Bonchev–Trinajstić information content (AvgIpc) is 2.74. The maximum Gasteiger partial charge on any atom is 0.410 e. The number of nitrogens with zero attached hydrogens (tertiary/aromatic N) is 3. The Hall–Kier alpha value is -1.62. The van der Waals surface area contributed by atoms with Crippen molar-refractivity contribution in [3.05, 3.63) is 30.1 Å². The summed E-state index contributed by atoms with van der Waals surface area (Å²) in [5, 5.41) is 0. The van der Waals surface area contributed by atoms with E-state index < -0.39 is 0 Å². The van der Waals surface area contributed by atoms with Crippen LogP contribution < -0.4 is 0 Å². The van der Waals surface area contributed by atoms with Crippen LogP contribution in [0.3, 0.4) is 0 Å². The lowest BCUT2D eigenvalue weighted by Gasteiger charge is -2.38. The number of hydrogen-bond acceptors (Lipinski definition) is 4. The van der Waals surface area contributed by atoms with Crippen molar-refractivity contribution in [3.8, 4) is 0 Å². The minimum absolute atomic E-state index is 0.174. The standard InChI is InChI=1S/C16H23N3O2/c1-18-12-16(21-15(18)20)7-4-10-19(13-16)9-3-6-14-5-2-8-17-11-14/h2,5,8,11H,3-4,6-7,9-10,12-13H2,1H3. The van der Waals surface area contributed by atoms with Crippen LogP contribution in [0, 0.1) is 0 Å². The van der Waals surface area contributed by atoms with E-state index in [-0.39, 0.29) is 11.7 Å². The number of carbonyl (C=O) groups is 1. The fourth-order valence-electron chi connectivity index (χ4n) is 3.44. The molecule has 0 aromatic carbocycles. The Kier molecular flexibility index (Phi) is 4.10. The largest absolute Gasteiger partial charge is 0.440 e. The predicted molar refractivity (Wildman–Crippen MR) is 80.1 cm³/mol. The van der Waals surface area contributed by atoms with Gasteiger partial charge in [0.15, 0.2) is 0 Å². The molecule has 2 saturated heterocycles. The Bertz CT molecular complexity index is 494. The molecular formula is C16H23N3O2. The number of likely N-dealkylation sites (N-methyl/N-ethyl adjacent to an activating group) is 1. The maximum absolute atomic E-state index is 11.6. The smallest absolute Gasteiger partial charge is 0.410 e. The first-order valence-electron chi connectivity index (χ1n) is 7.72. The first-order chi connectivity index (χ1) is 10.2. The van der Waals surface area contributed by atoms with E-state index in [1.807, 2.05) is 25.5 Å². The second kappa shape index (κ2) is 6.02. The number of hydrogen-bond donors (Lipinski definition) is 0. The van der Waals surface area contributed by atoms with Crippen molar-refractivity contribution in [3.63, 3.8) is 0 Å². The molecule has 1 aromatic rings. The summed E-state index contributed by atoms with van der Waals surface area (Å²) >= 11 is 0. The van der Waals surface area contributed by atoms with Crippen LogP contribution in [-0.4, -0.2) is 59.7 Å². The van der Waals surface area contributed by atoms with Crippen molar-refractivity contribution in [2.45, 2.75) is 31.3 Å². The lowest BCUT2D eigenvalue weighted by Crippen LogP contribution is -2.50. The summed E-state index contributed by atoms with van der Waals surface area (Å²) in [6.07, 6.45) is 7.83. The van der Waals surface area contributed by atoms with Gasteiger partial charge in [-0.05, 0) is 50.4 Å². The lowest BCUT2D eigenvalue weighted by atomic mass is 9.92. The van der Waals surface area contributed by atoms with Gasteiger partial charge in [0.1, 0.15) is 5.60 Å². The highest BCUT2D eigenvalue weighted by molar-refractivity contribution is 5.70. The highest BCUT2D eigenvalue weighted by Gasteiger charge is 2.46. The molecule has 21 heavy (non-hydrogen) atoms. The highest BCUT2D eigenvalue weighted by atomic mass is 16.6. The summed E-state index contributed by atoms with van der Waals surface area (Å²) in [5.74, 6) is 0. The van der Waals surface area contributed by atoms with Crippen LogP contribution in [0.25, 0.3) is 0 Å². The number of piperidine rings is 1. The van der Waals surface area contributed by atoms with E-state index in [0.717, 1.165) is 51.9 Å². The van der Waals surface area contributed by atoms with Gasteiger partial charge in [-0.2, -0.15) is 0 Å². The second-order valence-electron chi connectivity index (χ2n) is 6.25. The van der Waals surface area contributed by atoms with Gasteiger partial charge in [-0.25, -0.2) is 4.79 Å². The number of pyridine rings is 1. The van der Waals surface area contributed by atoms with Crippen molar-refractivity contribution in [2.75, 3.05) is 33.2 Å². The molecule has 1 amide bonds. The first-order valence-corrected chi connectivity index (χ1v) is 7.72. The van der Waals surface area contributed by atoms with Crippen molar-refractivity contribution in [1.29, 1.82) is 0 Å². The van der Waals surface area contributed by atoms with Crippen LogP contribution in [0.15, 0.2) is 24.5 Å². The quantitative estimate of drug-likeness (QED) is 0.849. The number of amides is 1. The van der Waals surface area contributed by atoms with Gasteiger partial charge in [-0.1, -0.05) is 6.07 Å². The molecule has 114 valence electrons. The molecule has 5 nitrogen and oxygen atoms in total. The molecule has 1 unspecified atom stereocenters. The molecule has 2 aliphatic heterocycles. The van der Waals surface area contributed by atoms with E-state index in [4.69, 9.17) is 4.74 Å². The number of aryl methyl sites for hydroxylation is 1. The summed E-state index contributed by atoms with van der Waals surface area (Å²) < 4.78 is 5.63. The zero-order valence-corrected chi connectivity index (χ0v) is 12.6. The van der Waals surface area contributed by atoms with E-state index in [1.165, 1.54) is 5.56 Å². The van der Waals surface area contributed by atoms with Crippen LogP contribution in [0.2, 0.25) is 0 Å². The summed E-state index contributed by atoms with van der Waals surface area (Å²) in [7, 11) is 1.82. The molecule has 2 fully saturated rings. The van der Waals surface area contributed by atoms with Gasteiger partial charge >= 0.3 is 6.09 Å². The van der Waals surface area contributed by atoms with Gasteiger partial charge in [-0.15, -0.1) is 0 Å². The molecule has 0 aliphatic carbocycles. The van der Waals surface area contributed by atoms with E-state index >= 15 is 0 Å². The molecule has 3 heterocycles. The molecule has 3 rings (SSSR count). The lowest BCUT2D eigenvalue weighted by molar-refractivity contribution is -0.00892. The van der Waals surface area contributed by atoms with E-state index in [1.54, 1.807) is 4.90 Å². The zero-order valence-electron chi connectivity index (χ0n) is 12.6. The summed E-state index contributed by atoms with van der Waals surface area (Å²) in [5.41, 5.74) is 1.02. The van der Waals surface area contributed by atoms with Gasteiger partial charge in [0.2, 0.25) is 0 Å². The van der Waals surface area contributed by atoms with E-state index in [9.17, 15) is 4.79 Å². The third-order valence-corrected chi connectivity index (χ3v) is 4.42. The van der Waals surface area contributed by atoms with Gasteiger partial charge in [0, 0.05) is 26.0 Å². The summed E-state index contributed by atoms with van der Waals surface area (Å²) in [6, 6.07) is 4.11. The molecule has 2 aliphatic rings. The van der Waals surface area contributed by atoms with Crippen molar-refractivity contribution >= 4 is 6.09 Å². The normalized spacial score (nSPS) is 26.3. The number of aromatic nitrogens is 1. The van der Waals surface area contributed by atoms with Crippen molar-refractivity contribution in [2.24, 2.45) is 0 Å². The molecule has 5 heteroatoms. The maximum atomic E-state index is 11.6. The van der Waals surface area contributed by atoms with Crippen molar-refractivity contribution in [1.82, 2.24) is 14.8 Å². The molecular weight excluding hydrogens is 266 g/mol. The Morgan fingerprint density at radius 3 is 3.05 bits per heavy atom. The number of rotatable bonds is 4. The molecule has 0 saturated carbocycles. The average molecular weight is 289 g/mol. The predicted octanol–water partition coefficient (Wildman–Crippen LogP) is 1.93. The molecule has 0 bridgehead atoms. The summed E-state index contributed by atoms with van der Waals surface area (Å²) in [4.78, 5) is 19.9. The van der Waals surface area contributed by atoms with E-state index in [0.29, 0.717) is 0 Å². The van der Waals surface area contributed by atoms with Gasteiger partial charge in [0.05, 0.1) is 6.54 Å². The Morgan fingerprint density at radius 1 is 1.43 bits per heavy atom. The molecule has 1 aromatic heterocycles. The fraction of sp³-hybridized carbons (Fsp3) is 0.625. The Labute approximate surface area is 125 Å². The minimum Gasteiger partial charge on any atom is -0.440 e. The van der Waals surface area contributed by atoms with Crippen LogP contribution >= 0.6 is 0 Å². The summed E-state index contributed by atoms with van der Waals surface area (Å²) in [6.45, 7) is 3.76. The van der Waals surface area contributed by atoms with Crippen LogP contribution in [0.4, 0.5) is 4.79 Å². The molecule has 1 spiro atoms. The second-order valence-corrected chi connectivity index (χ2v) is 6.25. The Morgan fingerprint density at radius 2 is 2.33 bits per heavy atom. The van der Waals surface area contributed by atoms with Gasteiger partial charge in [-0.3, -0.25) is 9.88 Å². The minimum atomic E-state index is -0.265. The Balaban J connectivity index is 1.49. The van der Waals surface area contributed by atoms with Crippen LogP contribution in [0.1, 0.15) is 24.8 Å². The number of likely N-dealkylation sites (tertiary alicyclic amines) is 1. The van der Waals surface area contributed by atoms with Crippen molar-refractivity contribution < 1.29 is 9.53 Å². The zero-order chi connectivity index (χ0) is 14.7. The van der Waals surface area contributed by atoms with Gasteiger partial charge < -0.3 is 9.64 Å². The van der Waals surface area contributed by atoms with Gasteiger partial charge in [0.25, 0.3) is 0 Å². The molecule has 0 radical (unpaired) electrons. The fourth-order valence-corrected chi connectivity index (χ4v) is 3.44. The monoisotopic (exact) mass is 289 g/mol. The number of carbonyl (C=O) groups excluding carboxylic acids is 1. The topological polar surface area (TPSA) is 45.7 Å². The highest BCUT2D eigenvalue weighted by Crippen LogP contribution is 2.31. The van der Waals surface area contributed by atoms with Crippen LogP contribution in [-0.2, 0) is 11.2 Å².